The number of hydrogen-bond acceptors (Lipinski definition) is 4. The number of hydrogen-bond donors (Lipinski definition) is 3. The number of nitrogens with zero attached hydrogens (tertiary/aromatic N) is 1. The summed E-state index contributed by atoms with van der Waals surface area (Å²) in [6.45, 7) is 5.28. The molecule has 3 N–H and O–H groups in total. The topological polar surface area (TPSA) is 73.5 Å². The maximum Gasteiger partial charge on any atom is 0.253 e. The second-order valence-corrected chi connectivity index (χ2v) is 8.66. The lowest BCUT2D eigenvalue weighted by Crippen LogP contribution is -2.40. The zero-order valence-electron chi connectivity index (χ0n) is 16.6. The molecule has 0 aliphatic carbocycles. The second kappa shape index (κ2) is 8.62. The van der Waals surface area contributed by atoms with Gasteiger partial charge < -0.3 is 20.9 Å². The smallest absolute Gasteiger partial charge is 0.253 e. The van der Waals surface area contributed by atoms with E-state index in [9.17, 15) is 9.59 Å². The monoisotopic (exact) mass is 384 g/mol. The molecule has 0 radical (unpaired) electrons. The molecule has 0 bridgehead atoms. The van der Waals surface area contributed by atoms with Crippen molar-refractivity contribution >= 4 is 11.8 Å². The summed E-state index contributed by atoms with van der Waals surface area (Å²) < 4.78 is 0. The summed E-state index contributed by atoms with van der Waals surface area (Å²) in [4.78, 5) is 27.1. The fourth-order valence-electron chi connectivity index (χ4n) is 4.80. The lowest BCUT2D eigenvalue weighted by atomic mass is 9.77. The lowest BCUT2D eigenvalue weighted by Gasteiger charge is -2.33. The predicted octanol–water partition coefficient (Wildman–Crippen LogP) is 1.66. The van der Waals surface area contributed by atoms with E-state index in [1.54, 1.807) is 0 Å². The van der Waals surface area contributed by atoms with E-state index >= 15 is 0 Å². The van der Waals surface area contributed by atoms with E-state index in [0.29, 0.717) is 12.0 Å². The summed E-state index contributed by atoms with van der Waals surface area (Å²) in [6, 6.07) is 7.59. The first kappa shape index (κ1) is 19.4. The maximum absolute atomic E-state index is 12.6. The predicted molar refractivity (Wildman–Crippen MR) is 109 cm³/mol. The third-order valence-corrected chi connectivity index (χ3v) is 6.65. The third-order valence-electron chi connectivity index (χ3n) is 6.65. The van der Waals surface area contributed by atoms with Gasteiger partial charge in [0, 0.05) is 31.7 Å². The number of carbonyl (C=O) groups is 2. The molecule has 152 valence electrons. The molecule has 3 heterocycles. The summed E-state index contributed by atoms with van der Waals surface area (Å²) in [6.07, 6.45) is 6.65. The Bertz CT molecular complexity index is 691. The van der Waals surface area contributed by atoms with Crippen molar-refractivity contribution in [2.45, 2.75) is 51.1 Å². The molecule has 3 fully saturated rings. The summed E-state index contributed by atoms with van der Waals surface area (Å²) in [5.74, 6) is 0.210. The Morgan fingerprint density at radius 1 is 1.07 bits per heavy atom. The molecule has 4 rings (SSSR count). The third kappa shape index (κ3) is 4.39. The van der Waals surface area contributed by atoms with Crippen LogP contribution < -0.4 is 16.0 Å². The average molecular weight is 385 g/mol. The van der Waals surface area contributed by atoms with Gasteiger partial charge in [0.05, 0.1) is 6.04 Å². The fourth-order valence-corrected chi connectivity index (χ4v) is 4.80. The van der Waals surface area contributed by atoms with Crippen molar-refractivity contribution in [2.75, 3.05) is 32.7 Å². The molecule has 28 heavy (non-hydrogen) atoms. The van der Waals surface area contributed by atoms with Gasteiger partial charge in [-0.3, -0.25) is 9.59 Å². The van der Waals surface area contributed by atoms with Gasteiger partial charge in [-0.05, 0) is 74.7 Å². The van der Waals surface area contributed by atoms with Crippen molar-refractivity contribution < 1.29 is 9.59 Å². The van der Waals surface area contributed by atoms with Crippen molar-refractivity contribution in [1.29, 1.82) is 0 Å². The van der Waals surface area contributed by atoms with E-state index in [1.807, 2.05) is 29.2 Å². The van der Waals surface area contributed by atoms with Crippen LogP contribution in [0.1, 0.15) is 54.4 Å². The number of amides is 2. The minimum Gasteiger partial charge on any atom is -0.351 e. The molecule has 6 nitrogen and oxygen atoms in total. The number of rotatable bonds is 4. The highest BCUT2D eigenvalue weighted by Gasteiger charge is 2.41. The Morgan fingerprint density at radius 2 is 1.79 bits per heavy atom. The van der Waals surface area contributed by atoms with E-state index in [4.69, 9.17) is 0 Å². The van der Waals surface area contributed by atoms with Crippen molar-refractivity contribution in [3.05, 3.63) is 35.4 Å². The van der Waals surface area contributed by atoms with E-state index in [-0.39, 0.29) is 17.9 Å². The number of likely N-dealkylation sites (tertiary alicyclic amines) is 1. The van der Waals surface area contributed by atoms with Crippen LogP contribution in [0.15, 0.2) is 24.3 Å². The minimum absolute atomic E-state index is 0.0851. The molecule has 0 aromatic heterocycles. The van der Waals surface area contributed by atoms with Gasteiger partial charge in [0.25, 0.3) is 5.91 Å². The van der Waals surface area contributed by atoms with Crippen LogP contribution in [0.3, 0.4) is 0 Å². The first-order chi connectivity index (χ1) is 13.7. The Labute approximate surface area is 167 Å². The number of nitrogens with one attached hydrogen (secondary N) is 3. The van der Waals surface area contributed by atoms with E-state index in [2.05, 4.69) is 16.0 Å². The molecule has 0 saturated carbocycles. The zero-order chi connectivity index (χ0) is 19.4. The molecule has 1 spiro atoms. The van der Waals surface area contributed by atoms with Crippen LogP contribution in [-0.2, 0) is 11.3 Å². The minimum atomic E-state index is -0.0851. The van der Waals surface area contributed by atoms with Gasteiger partial charge in [-0.1, -0.05) is 12.1 Å². The molecule has 1 aromatic rings. The van der Waals surface area contributed by atoms with Gasteiger partial charge in [-0.15, -0.1) is 0 Å². The fraction of sp³-hybridized carbons (Fsp3) is 0.636. The quantitative estimate of drug-likeness (QED) is 0.738. The Hall–Kier alpha value is -1.92. The Balaban J connectivity index is 1.26. The molecule has 3 saturated heterocycles. The summed E-state index contributed by atoms with van der Waals surface area (Å²) >= 11 is 0. The number of benzene rings is 1. The first-order valence-electron chi connectivity index (χ1n) is 10.8. The zero-order valence-corrected chi connectivity index (χ0v) is 16.6. The van der Waals surface area contributed by atoms with Crippen LogP contribution in [0, 0.1) is 5.41 Å². The van der Waals surface area contributed by atoms with Gasteiger partial charge in [-0.2, -0.15) is 0 Å². The highest BCUT2D eigenvalue weighted by Crippen LogP contribution is 2.37. The molecule has 6 heteroatoms. The van der Waals surface area contributed by atoms with Crippen LogP contribution in [0.2, 0.25) is 0 Å². The summed E-state index contributed by atoms with van der Waals surface area (Å²) in [5, 5.41) is 9.89. The molecule has 1 atom stereocenters. The number of piperidine rings is 2. The van der Waals surface area contributed by atoms with Gasteiger partial charge in [0.2, 0.25) is 5.91 Å². The SMILES string of the molecule is O=C(NCc1ccc(C(=O)N2CCCCC2)cc1)[C@@H]1CC2(CCNCC2)CN1. The van der Waals surface area contributed by atoms with Crippen molar-refractivity contribution in [3.63, 3.8) is 0 Å². The Kier molecular flexibility index (Phi) is 5.97. The molecule has 3 aliphatic rings. The summed E-state index contributed by atoms with van der Waals surface area (Å²) in [7, 11) is 0. The van der Waals surface area contributed by atoms with Crippen LogP contribution >= 0.6 is 0 Å². The standard InChI is InChI=1S/C22H32N4O2/c27-20(19-14-22(16-25-19)8-10-23-11-9-22)24-15-17-4-6-18(7-5-17)21(28)26-12-2-1-3-13-26/h4-7,19,23,25H,1-3,8-16H2,(H,24,27)/t19-/m0/s1. The normalized spacial score (nSPS) is 24.3. The van der Waals surface area contributed by atoms with Crippen LogP contribution in [-0.4, -0.2) is 55.5 Å². The van der Waals surface area contributed by atoms with E-state index in [1.165, 1.54) is 6.42 Å². The van der Waals surface area contributed by atoms with E-state index < -0.39 is 0 Å². The maximum atomic E-state index is 12.6. The molecular formula is C22H32N4O2. The highest BCUT2D eigenvalue weighted by molar-refractivity contribution is 5.94. The van der Waals surface area contributed by atoms with Crippen LogP contribution in [0.5, 0.6) is 0 Å². The van der Waals surface area contributed by atoms with Crippen molar-refractivity contribution in [1.82, 2.24) is 20.9 Å². The number of carbonyl (C=O) groups excluding carboxylic acids is 2. The summed E-state index contributed by atoms with van der Waals surface area (Å²) in [5.41, 5.74) is 2.06. The lowest BCUT2D eigenvalue weighted by molar-refractivity contribution is -0.123. The Morgan fingerprint density at radius 3 is 2.50 bits per heavy atom. The van der Waals surface area contributed by atoms with Gasteiger partial charge >= 0.3 is 0 Å². The second-order valence-electron chi connectivity index (χ2n) is 8.66. The first-order valence-corrected chi connectivity index (χ1v) is 10.8. The largest absolute Gasteiger partial charge is 0.351 e. The molecular weight excluding hydrogens is 352 g/mol. The van der Waals surface area contributed by atoms with Gasteiger partial charge in [0.1, 0.15) is 0 Å². The molecule has 2 amide bonds. The van der Waals surface area contributed by atoms with Crippen LogP contribution in [0.25, 0.3) is 0 Å². The average Bonchev–Trinajstić information content (AvgIpc) is 3.16. The van der Waals surface area contributed by atoms with Crippen molar-refractivity contribution in [2.24, 2.45) is 5.41 Å². The highest BCUT2D eigenvalue weighted by atomic mass is 16.2. The van der Waals surface area contributed by atoms with Gasteiger partial charge in [0.15, 0.2) is 0 Å². The molecule has 3 aliphatic heterocycles. The van der Waals surface area contributed by atoms with Gasteiger partial charge in [-0.25, -0.2) is 0 Å². The van der Waals surface area contributed by atoms with Crippen LogP contribution in [0.4, 0.5) is 0 Å². The van der Waals surface area contributed by atoms with E-state index in [0.717, 1.165) is 76.0 Å². The molecule has 0 unspecified atom stereocenters. The molecule has 1 aromatic carbocycles. The van der Waals surface area contributed by atoms with Crippen molar-refractivity contribution in [3.8, 4) is 0 Å².